The van der Waals surface area contributed by atoms with Crippen LogP contribution < -0.4 is 5.32 Å². The molecule has 0 spiro atoms. The first-order chi connectivity index (χ1) is 8.08. The van der Waals surface area contributed by atoms with Gasteiger partial charge in [-0.05, 0) is 37.8 Å². The number of anilines is 1. The van der Waals surface area contributed by atoms with Crippen LogP contribution >= 0.6 is 0 Å². The van der Waals surface area contributed by atoms with Crippen molar-refractivity contribution < 1.29 is 5.11 Å². The van der Waals surface area contributed by atoms with E-state index >= 15 is 0 Å². The fraction of sp³-hybridized carbons (Fsp3) is 0.538. The van der Waals surface area contributed by atoms with Crippen LogP contribution in [-0.2, 0) is 0 Å². The van der Waals surface area contributed by atoms with E-state index in [1.165, 1.54) is 0 Å². The lowest BCUT2D eigenvalue weighted by atomic mass is 10.1. The quantitative estimate of drug-likeness (QED) is 0.816. The number of aryl methyl sites for hydroxylation is 2. The van der Waals surface area contributed by atoms with Crippen molar-refractivity contribution >= 4 is 5.82 Å². The number of aromatic nitrogens is 1. The summed E-state index contributed by atoms with van der Waals surface area (Å²) in [5.74, 6) is 1.00. The highest BCUT2D eigenvalue weighted by atomic mass is 16.3. The minimum absolute atomic E-state index is 0.189. The number of hydrogen-bond donors (Lipinski definition) is 2. The second-order valence-electron chi connectivity index (χ2n) is 4.41. The maximum absolute atomic E-state index is 9.09. The Morgan fingerprint density at radius 1 is 1.53 bits per heavy atom. The lowest BCUT2D eigenvalue weighted by molar-refractivity contribution is 0.266. The van der Waals surface area contributed by atoms with E-state index in [9.17, 15) is 0 Å². The Kier molecular flexibility index (Phi) is 4.92. The lowest BCUT2D eigenvalue weighted by Crippen LogP contribution is -2.15. The minimum Gasteiger partial charge on any atom is -0.396 e. The number of hydrogen-bond acceptors (Lipinski definition) is 4. The van der Waals surface area contributed by atoms with E-state index in [0.717, 1.165) is 17.7 Å². The predicted octanol–water partition coefficient (Wildman–Crippen LogP) is 2.00. The number of aliphatic hydroxyl groups is 1. The summed E-state index contributed by atoms with van der Waals surface area (Å²) in [5, 5.41) is 21.1. The van der Waals surface area contributed by atoms with Crippen LogP contribution in [0.2, 0.25) is 0 Å². The molecule has 0 saturated carbocycles. The van der Waals surface area contributed by atoms with Crippen LogP contribution in [0.1, 0.15) is 30.2 Å². The zero-order chi connectivity index (χ0) is 12.8. The molecule has 0 radical (unpaired) electrons. The predicted molar refractivity (Wildman–Crippen MR) is 67.8 cm³/mol. The minimum atomic E-state index is 0.189. The second-order valence-corrected chi connectivity index (χ2v) is 4.41. The van der Waals surface area contributed by atoms with E-state index in [1.807, 2.05) is 19.9 Å². The van der Waals surface area contributed by atoms with Crippen LogP contribution in [0.3, 0.4) is 0 Å². The van der Waals surface area contributed by atoms with Gasteiger partial charge < -0.3 is 10.4 Å². The van der Waals surface area contributed by atoms with Crippen molar-refractivity contribution in [2.75, 3.05) is 18.5 Å². The smallest absolute Gasteiger partial charge is 0.144 e. The molecule has 0 amide bonds. The third-order valence-corrected chi connectivity index (χ3v) is 2.70. The van der Waals surface area contributed by atoms with Crippen molar-refractivity contribution in [2.45, 2.75) is 27.2 Å². The number of nitrogens with zero attached hydrogens (tertiary/aromatic N) is 2. The largest absolute Gasteiger partial charge is 0.396 e. The van der Waals surface area contributed by atoms with E-state index < -0.39 is 0 Å². The fourth-order valence-electron chi connectivity index (χ4n) is 1.70. The Morgan fingerprint density at radius 2 is 2.24 bits per heavy atom. The molecule has 0 aliphatic rings. The van der Waals surface area contributed by atoms with Crippen LogP contribution in [0.4, 0.5) is 5.82 Å². The molecule has 92 valence electrons. The molecule has 0 aromatic carbocycles. The maximum atomic E-state index is 9.09. The molecule has 0 saturated heterocycles. The molecule has 1 heterocycles. The Hall–Kier alpha value is -1.60. The van der Waals surface area contributed by atoms with Gasteiger partial charge in [0.1, 0.15) is 11.9 Å². The van der Waals surface area contributed by atoms with Crippen molar-refractivity contribution in [3.63, 3.8) is 0 Å². The topological polar surface area (TPSA) is 68.9 Å². The average Bonchev–Trinajstić information content (AvgIpc) is 2.26. The fourth-order valence-corrected chi connectivity index (χ4v) is 1.70. The van der Waals surface area contributed by atoms with Gasteiger partial charge in [0.05, 0.1) is 5.56 Å². The highest BCUT2D eigenvalue weighted by Gasteiger charge is 2.09. The standard InChI is InChI=1S/C13H19N3O/c1-9(4-5-17)8-15-13-12(7-14)10(2)6-11(3)16-13/h6,9,17H,4-5,8H2,1-3H3,(H,15,16). The summed E-state index contributed by atoms with van der Waals surface area (Å²) in [5.41, 5.74) is 2.45. The van der Waals surface area contributed by atoms with Crippen LogP contribution in [0, 0.1) is 31.1 Å². The van der Waals surface area contributed by atoms with Gasteiger partial charge in [-0.2, -0.15) is 5.26 Å². The van der Waals surface area contributed by atoms with Crippen molar-refractivity contribution in [1.29, 1.82) is 5.26 Å². The Bertz CT molecular complexity index is 423. The van der Waals surface area contributed by atoms with Gasteiger partial charge in [0.25, 0.3) is 0 Å². The summed E-state index contributed by atoms with van der Waals surface area (Å²) in [4.78, 5) is 4.34. The number of pyridine rings is 1. The SMILES string of the molecule is Cc1cc(C)c(C#N)c(NCC(C)CCO)n1. The van der Waals surface area contributed by atoms with Gasteiger partial charge >= 0.3 is 0 Å². The van der Waals surface area contributed by atoms with Gasteiger partial charge in [0, 0.05) is 18.8 Å². The zero-order valence-corrected chi connectivity index (χ0v) is 10.6. The van der Waals surface area contributed by atoms with E-state index in [1.54, 1.807) is 0 Å². The molecule has 1 aromatic rings. The summed E-state index contributed by atoms with van der Waals surface area (Å²) in [6.07, 6.45) is 0.750. The summed E-state index contributed by atoms with van der Waals surface area (Å²) in [7, 11) is 0. The lowest BCUT2D eigenvalue weighted by Gasteiger charge is -2.14. The molecule has 0 fully saturated rings. The summed E-state index contributed by atoms with van der Waals surface area (Å²) in [6.45, 7) is 6.78. The van der Waals surface area contributed by atoms with E-state index in [-0.39, 0.29) is 6.61 Å². The third-order valence-electron chi connectivity index (χ3n) is 2.70. The molecule has 2 N–H and O–H groups in total. The van der Waals surface area contributed by atoms with Gasteiger partial charge in [-0.1, -0.05) is 6.92 Å². The van der Waals surface area contributed by atoms with Crippen LogP contribution in [-0.4, -0.2) is 23.2 Å². The molecule has 0 bridgehead atoms. The molecule has 0 aliphatic heterocycles. The van der Waals surface area contributed by atoms with E-state index in [4.69, 9.17) is 10.4 Å². The van der Waals surface area contributed by atoms with Crippen LogP contribution in [0.5, 0.6) is 0 Å². The molecule has 17 heavy (non-hydrogen) atoms. The molecule has 1 rings (SSSR count). The van der Waals surface area contributed by atoms with Gasteiger partial charge in [-0.3, -0.25) is 0 Å². The average molecular weight is 233 g/mol. The maximum Gasteiger partial charge on any atom is 0.144 e. The van der Waals surface area contributed by atoms with Gasteiger partial charge in [-0.15, -0.1) is 0 Å². The number of nitriles is 1. The molecule has 1 atom stereocenters. The first-order valence-corrected chi connectivity index (χ1v) is 5.81. The number of rotatable bonds is 5. The van der Waals surface area contributed by atoms with Crippen LogP contribution in [0.15, 0.2) is 6.07 Å². The summed E-state index contributed by atoms with van der Waals surface area (Å²) >= 11 is 0. The number of nitrogens with one attached hydrogen (secondary N) is 1. The first kappa shape index (κ1) is 13.5. The highest BCUT2D eigenvalue weighted by molar-refractivity contribution is 5.56. The van der Waals surface area contributed by atoms with Crippen molar-refractivity contribution in [3.8, 4) is 6.07 Å². The van der Waals surface area contributed by atoms with E-state index in [2.05, 4.69) is 23.3 Å². The first-order valence-electron chi connectivity index (χ1n) is 5.81. The Morgan fingerprint density at radius 3 is 2.82 bits per heavy atom. The van der Waals surface area contributed by atoms with Gasteiger partial charge in [0.2, 0.25) is 0 Å². The van der Waals surface area contributed by atoms with Crippen molar-refractivity contribution in [1.82, 2.24) is 4.98 Å². The van der Waals surface area contributed by atoms with Crippen LogP contribution in [0.25, 0.3) is 0 Å². The number of aliphatic hydroxyl groups excluding tert-OH is 1. The van der Waals surface area contributed by atoms with Gasteiger partial charge in [0.15, 0.2) is 0 Å². The second kappa shape index (κ2) is 6.21. The molecular formula is C13H19N3O. The molecule has 4 nitrogen and oxygen atoms in total. The summed E-state index contributed by atoms with van der Waals surface area (Å²) < 4.78 is 0. The molecular weight excluding hydrogens is 214 g/mol. The normalized spacial score (nSPS) is 11.9. The third kappa shape index (κ3) is 3.72. The van der Waals surface area contributed by atoms with Gasteiger partial charge in [-0.25, -0.2) is 4.98 Å². The van der Waals surface area contributed by atoms with E-state index in [0.29, 0.717) is 23.8 Å². The summed E-state index contributed by atoms with van der Waals surface area (Å²) in [6, 6.07) is 4.08. The molecule has 4 heteroatoms. The Labute approximate surface area is 102 Å². The molecule has 1 unspecified atom stereocenters. The van der Waals surface area contributed by atoms with Crippen molar-refractivity contribution in [2.24, 2.45) is 5.92 Å². The zero-order valence-electron chi connectivity index (χ0n) is 10.6. The molecule has 1 aromatic heterocycles. The monoisotopic (exact) mass is 233 g/mol. The highest BCUT2D eigenvalue weighted by Crippen LogP contribution is 2.18. The van der Waals surface area contributed by atoms with Crippen molar-refractivity contribution in [3.05, 3.63) is 22.9 Å². The molecule has 0 aliphatic carbocycles. The Balaban J connectivity index is 2.80.